The Labute approximate surface area is 206 Å². The number of fused-ring (bicyclic) bond motifs is 1. The van der Waals surface area contributed by atoms with Crippen LogP contribution in [0.3, 0.4) is 0 Å². The van der Waals surface area contributed by atoms with E-state index in [0.717, 1.165) is 4.52 Å². The normalized spacial score (nSPS) is 14.9. The van der Waals surface area contributed by atoms with Crippen molar-refractivity contribution in [3.05, 3.63) is 45.9 Å². The van der Waals surface area contributed by atoms with E-state index >= 15 is 4.39 Å². The Morgan fingerprint density at radius 1 is 1.26 bits per heavy atom. The topological polar surface area (TPSA) is 107 Å². The SMILES string of the molecule is CCC(=O)Cc1cc(-c2nn3c(=O)c(F)c(C4CCN(C(=O)OC(C)(C)C)CC4)nc3s2)ccn1. The Balaban J connectivity index is 1.57. The molecule has 0 bridgehead atoms. The molecule has 0 saturated carbocycles. The van der Waals surface area contributed by atoms with Gasteiger partial charge in [-0.2, -0.15) is 14.0 Å². The molecule has 0 spiro atoms. The number of hydrogen-bond donors (Lipinski definition) is 0. The van der Waals surface area contributed by atoms with Crippen molar-refractivity contribution in [1.29, 1.82) is 0 Å². The van der Waals surface area contributed by atoms with Crippen LogP contribution in [0, 0.1) is 5.82 Å². The number of Topliss-reactive ketones (excluding diaryl/α,β-unsaturated/α-hetero) is 1. The molecular weight excluding hydrogens is 473 g/mol. The fourth-order valence-electron chi connectivity index (χ4n) is 3.92. The summed E-state index contributed by atoms with van der Waals surface area (Å²) >= 11 is 1.17. The number of amides is 1. The molecule has 0 radical (unpaired) electrons. The lowest BCUT2D eigenvalue weighted by molar-refractivity contribution is -0.118. The van der Waals surface area contributed by atoms with E-state index in [9.17, 15) is 14.4 Å². The summed E-state index contributed by atoms with van der Waals surface area (Å²) in [6.07, 6.45) is 2.77. The molecule has 11 heteroatoms. The first-order chi connectivity index (χ1) is 16.6. The van der Waals surface area contributed by atoms with Crippen molar-refractivity contribution in [2.24, 2.45) is 0 Å². The van der Waals surface area contributed by atoms with E-state index in [1.165, 1.54) is 11.3 Å². The van der Waals surface area contributed by atoms with Gasteiger partial charge in [-0.3, -0.25) is 14.6 Å². The van der Waals surface area contributed by atoms with Crippen molar-refractivity contribution in [3.63, 3.8) is 0 Å². The second-order valence-corrected chi connectivity index (χ2v) is 10.5. The predicted molar refractivity (Wildman–Crippen MR) is 129 cm³/mol. The fourth-order valence-corrected chi connectivity index (χ4v) is 4.82. The zero-order chi connectivity index (χ0) is 25.3. The number of pyridine rings is 1. The molecule has 1 aliphatic heterocycles. The van der Waals surface area contributed by atoms with Crippen LogP contribution in [-0.2, 0) is 16.0 Å². The number of piperidine rings is 1. The highest BCUT2D eigenvalue weighted by Crippen LogP contribution is 2.31. The van der Waals surface area contributed by atoms with Crippen LogP contribution in [0.5, 0.6) is 0 Å². The van der Waals surface area contributed by atoms with Crippen molar-refractivity contribution in [3.8, 4) is 10.6 Å². The molecule has 0 unspecified atom stereocenters. The number of nitrogens with zero attached hydrogens (tertiary/aromatic N) is 5. The Kier molecular flexibility index (Phi) is 6.98. The van der Waals surface area contributed by atoms with E-state index in [4.69, 9.17) is 4.74 Å². The molecule has 35 heavy (non-hydrogen) atoms. The molecule has 1 fully saturated rings. The summed E-state index contributed by atoms with van der Waals surface area (Å²) in [5.41, 5.74) is -0.0405. The number of ether oxygens (including phenoxy) is 1. The van der Waals surface area contributed by atoms with E-state index in [1.807, 2.05) is 0 Å². The van der Waals surface area contributed by atoms with E-state index in [1.54, 1.807) is 50.9 Å². The summed E-state index contributed by atoms with van der Waals surface area (Å²) in [7, 11) is 0. The second-order valence-electron chi connectivity index (χ2n) is 9.56. The van der Waals surface area contributed by atoms with Gasteiger partial charge in [0.15, 0.2) is 0 Å². The van der Waals surface area contributed by atoms with Gasteiger partial charge >= 0.3 is 11.7 Å². The fraction of sp³-hybridized carbons (Fsp3) is 0.500. The first-order valence-electron chi connectivity index (χ1n) is 11.6. The Morgan fingerprint density at radius 2 is 1.97 bits per heavy atom. The lowest BCUT2D eigenvalue weighted by Gasteiger charge is -2.33. The Morgan fingerprint density at radius 3 is 2.63 bits per heavy atom. The second kappa shape index (κ2) is 9.80. The number of hydrogen-bond acceptors (Lipinski definition) is 8. The number of carbonyl (C=O) groups is 2. The number of halogens is 1. The van der Waals surface area contributed by atoms with Crippen LogP contribution in [0.2, 0.25) is 0 Å². The first-order valence-corrected chi connectivity index (χ1v) is 12.4. The van der Waals surface area contributed by atoms with Gasteiger partial charge in [0.1, 0.15) is 16.4 Å². The highest BCUT2D eigenvalue weighted by molar-refractivity contribution is 7.19. The number of ketones is 1. The Hall–Kier alpha value is -3.21. The molecular formula is C24H28FN5O4S. The van der Waals surface area contributed by atoms with Gasteiger partial charge in [-0.15, -0.1) is 0 Å². The number of likely N-dealkylation sites (tertiary alicyclic amines) is 1. The number of aromatic nitrogens is 4. The molecule has 186 valence electrons. The third-order valence-electron chi connectivity index (χ3n) is 5.75. The average Bonchev–Trinajstić information content (AvgIpc) is 3.25. The standard InChI is InChI=1S/C24H28FN5O4S/c1-5-17(31)13-16-12-15(6-9-26-16)20-28-30-21(32)18(25)19(27-22(30)35-20)14-7-10-29(11-8-14)23(33)34-24(2,3)4/h6,9,12,14H,5,7-8,10-11,13H2,1-4H3. The molecule has 9 nitrogen and oxygen atoms in total. The van der Waals surface area contributed by atoms with E-state index < -0.39 is 23.1 Å². The third-order valence-corrected chi connectivity index (χ3v) is 6.71. The zero-order valence-corrected chi connectivity index (χ0v) is 21.0. The lowest BCUT2D eigenvalue weighted by Crippen LogP contribution is -2.41. The van der Waals surface area contributed by atoms with Gasteiger partial charge in [0.25, 0.3) is 0 Å². The van der Waals surface area contributed by atoms with Crippen LogP contribution >= 0.6 is 11.3 Å². The van der Waals surface area contributed by atoms with Crippen molar-refractivity contribution < 1.29 is 18.7 Å². The van der Waals surface area contributed by atoms with Crippen LogP contribution in [0.15, 0.2) is 23.1 Å². The van der Waals surface area contributed by atoms with Gasteiger partial charge < -0.3 is 9.64 Å². The van der Waals surface area contributed by atoms with E-state index in [2.05, 4.69) is 15.1 Å². The molecule has 3 aromatic rings. The van der Waals surface area contributed by atoms with Crippen molar-refractivity contribution >= 4 is 28.2 Å². The van der Waals surface area contributed by atoms with Crippen LogP contribution in [-0.4, -0.2) is 55.0 Å². The molecule has 0 atom stereocenters. The van der Waals surface area contributed by atoms with E-state index in [-0.39, 0.29) is 23.8 Å². The minimum absolute atomic E-state index is 0.0706. The molecule has 0 aromatic carbocycles. The summed E-state index contributed by atoms with van der Waals surface area (Å²) < 4.78 is 21.5. The molecule has 1 amide bonds. The number of carbonyl (C=O) groups excluding carboxylic acids is 2. The van der Waals surface area contributed by atoms with Crippen LogP contribution in [0.4, 0.5) is 9.18 Å². The molecule has 4 rings (SSSR count). The summed E-state index contributed by atoms with van der Waals surface area (Å²) in [6, 6.07) is 3.48. The van der Waals surface area contributed by atoms with E-state index in [0.29, 0.717) is 53.6 Å². The van der Waals surface area contributed by atoms with Gasteiger partial charge in [-0.25, -0.2) is 9.78 Å². The third kappa shape index (κ3) is 5.55. The van der Waals surface area contributed by atoms with Gasteiger partial charge in [0, 0.05) is 49.3 Å². The molecule has 1 aliphatic rings. The maximum Gasteiger partial charge on any atom is 0.410 e. The quantitative estimate of drug-likeness (QED) is 0.520. The van der Waals surface area contributed by atoms with Gasteiger partial charge in [-0.1, -0.05) is 18.3 Å². The maximum absolute atomic E-state index is 15.1. The van der Waals surface area contributed by atoms with Gasteiger partial charge in [0.2, 0.25) is 10.8 Å². The summed E-state index contributed by atoms with van der Waals surface area (Å²) in [4.78, 5) is 47.4. The lowest BCUT2D eigenvalue weighted by atomic mass is 9.93. The van der Waals surface area contributed by atoms with Crippen LogP contribution in [0.1, 0.15) is 64.3 Å². The minimum atomic E-state index is -0.918. The summed E-state index contributed by atoms with van der Waals surface area (Å²) in [5.74, 6) is -1.13. The number of rotatable bonds is 5. The smallest absolute Gasteiger partial charge is 0.410 e. The highest BCUT2D eigenvalue weighted by atomic mass is 32.1. The van der Waals surface area contributed by atoms with Crippen LogP contribution in [0.25, 0.3) is 15.5 Å². The maximum atomic E-state index is 15.1. The molecule has 0 aliphatic carbocycles. The van der Waals surface area contributed by atoms with Gasteiger partial charge in [0.05, 0.1) is 5.69 Å². The first kappa shape index (κ1) is 24.9. The Bertz CT molecular complexity index is 1320. The molecule has 1 saturated heterocycles. The van der Waals surface area contributed by atoms with Crippen molar-refractivity contribution in [1.82, 2.24) is 24.5 Å². The monoisotopic (exact) mass is 501 g/mol. The van der Waals surface area contributed by atoms with Crippen LogP contribution < -0.4 is 5.56 Å². The predicted octanol–water partition coefficient (Wildman–Crippen LogP) is 3.99. The molecule has 0 N–H and O–H groups in total. The largest absolute Gasteiger partial charge is 0.444 e. The molecule has 3 aromatic heterocycles. The minimum Gasteiger partial charge on any atom is -0.444 e. The molecule has 4 heterocycles. The van der Waals surface area contributed by atoms with Gasteiger partial charge in [-0.05, 0) is 45.7 Å². The van der Waals surface area contributed by atoms with Crippen molar-refractivity contribution in [2.75, 3.05) is 13.1 Å². The summed E-state index contributed by atoms with van der Waals surface area (Å²) in [5, 5.41) is 4.76. The highest BCUT2D eigenvalue weighted by Gasteiger charge is 2.31. The van der Waals surface area contributed by atoms with Crippen molar-refractivity contribution in [2.45, 2.75) is 64.9 Å². The summed E-state index contributed by atoms with van der Waals surface area (Å²) in [6.45, 7) is 8.00. The zero-order valence-electron chi connectivity index (χ0n) is 20.2. The average molecular weight is 502 g/mol.